The standard InChI is InChI=1S/C17H15NO3/c1-12(19)18-15-7-2-13(3-8-15)4-11-17(21)14-5-9-16(20)10-6-14/h2-11,20H,1H3,(H,18,19)/b11-4+. The van der Waals surface area contributed by atoms with Crippen LogP contribution in [0, 0.1) is 0 Å². The van der Waals surface area contributed by atoms with Gasteiger partial charge in [0.2, 0.25) is 5.91 Å². The van der Waals surface area contributed by atoms with Gasteiger partial charge in [0.25, 0.3) is 0 Å². The molecule has 4 nitrogen and oxygen atoms in total. The van der Waals surface area contributed by atoms with E-state index in [1.807, 2.05) is 12.1 Å². The molecule has 2 N–H and O–H groups in total. The van der Waals surface area contributed by atoms with E-state index in [2.05, 4.69) is 5.32 Å². The summed E-state index contributed by atoms with van der Waals surface area (Å²) in [4.78, 5) is 22.8. The lowest BCUT2D eigenvalue weighted by Crippen LogP contribution is -2.05. The highest BCUT2D eigenvalue weighted by atomic mass is 16.3. The van der Waals surface area contributed by atoms with E-state index in [0.717, 1.165) is 5.56 Å². The molecule has 0 aliphatic carbocycles. The number of hydrogen-bond donors (Lipinski definition) is 2. The zero-order chi connectivity index (χ0) is 15.2. The highest BCUT2D eigenvalue weighted by molar-refractivity contribution is 6.06. The van der Waals surface area contributed by atoms with Crippen molar-refractivity contribution in [3.8, 4) is 5.75 Å². The SMILES string of the molecule is CC(=O)Nc1ccc(/C=C/C(=O)c2ccc(O)cc2)cc1. The molecule has 2 aromatic carbocycles. The summed E-state index contributed by atoms with van der Waals surface area (Å²) in [5.74, 6) is -0.133. The Labute approximate surface area is 122 Å². The zero-order valence-corrected chi connectivity index (χ0v) is 11.5. The molecule has 0 aliphatic heterocycles. The second kappa shape index (κ2) is 6.52. The van der Waals surface area contributed by atoms with Crippen molar-refractivity contribution in [1.29, 1.82) is 0 Å². The zero-order valence-electron chi connectivity index (χ0n) is 11.5. The van der Waals surface area contributed by atoms with Gasteiger partial charge in [0.05, 0.1) is 0 Å². The molecule has 1 amide bonds. The van der Waals surface area contributed by atoms with Crippen molar-refractivity contribution >= 4 is 23.5 Å². The number of phenolic OH excluding ortho intramolecular Hbond substituents is 1. The molecule has 0 atom stereocenters. The molecule has 21 heavy (non-hydrogen) atoms. The Kier molecular flexibility index (Phi) is 4.51. The number of hydrogen-bond acceptors (Lipinski definition) is 3. The molecule has 0 unspecified atom stereocenters. The van der Waals surface area contributed by atoms with Crippen LogP contribution in [-0.2, 0) is 4.79 Å². The second-order valence-corrected chi connectivity index (χ2v) is 4.55. The lowest BCUT2D eigenvalue weighted by molar-refractivity contribution is -0.114. The minimum atomic E-state index is -0.138. The van der Waals surface area contributed by atoms with Crippen LogP contribution in [0.15, 0.2) is 54.6 Å². The van der Waals surface area contributed by atoms with Crippen molar-refractivity contribution < 1.29 is 14.7 Å². The Morgan fingerprint density at radius 2 is 1.62 bits per heavy atom. The predicted octanol–water partition coefficient (Wildman–Crippen LogP) is 3.25. The molecule has 2 rings (SSSR count). The van der Waals surface area contributed by atoms with Crippen molar-refractivity contribution in [3.63, 3.8) is 0 Å². The van der Waals surface area contributed by atoms with Gasteiger partial charge >= 0.3 is 0 Å². The number of aromatic hydroxyl groups is 1. The van der Waals surface area contributed by atoms with Gasteiger partial charge in [-0.2, -0.15) is 0 Å². The van der Waals surface area contributed by atoms with Crippen molar-refractivity contribution in [2.45, 2.75) is 6.92 Å². The lowest BCUT2D eigenvalue weighted by atomic mass is 10.1. The van der Waals surface area contributed by atoms with Gasteiger partial charge in [0, 0.05) is 18.2 Å². The first-order valence-corrected chi connectivity index (χ1v) is 6.44. The van der Waals surface area contributed by atoms with E-state index in [1.54, 1.807) is 30.3 Å². The molecular weight excluding hydrogens is 266 g/mol. The maximum absolute atomic E-state index is 11.9. The predicted molar refractivity (Wildman–Crippen MR) is 82.2 cm³/mol. The first kappa shape index (κ1) is 14.5. The fourth-order valence-electron chi connectivity index (χ4n) is 1.77. The first-order valence-electron chi connectivity index (χ1n) is 6.44. The first-order chi connectivity index (χ1) is 10.0. The van der Waals surface area contributed by atoms with Gasteiger partial charge in [-0.1, -0.05) is 18.2 Å². The number of ketones is 1. The summed E-state index contributed by atoms with van der Waals surface area (Å²) in [7, 11) is 0. The molecule has 0 saturated heterocycles. The molecule has 0 spiro atoms. The Hall–Kier alpha value is -2.88. The third kappa shape index (κ3) is 4.31. The Morgan fingerprint density at radius 1 is 1.00 bits per heavy atom. The van der Waals surface area contributed by atoms with Gasteiger partial charge in [-0.3, -0.25) is 9.59 Å². The molecule has 0 aromatic heterocycles. The summed E-state index contributed by atoms with van der Waals surface area (Å²) < 4.78 is 0. The fourth-order valence-corrected chi connectivity index (χ4v) is 1.77. The van der Waals surface area contributed by atoms with Crippen LogP contribution in [0.1, 0.15) is 22.8 Å². The van der Waals surface area contributed by atoms with Gasteiger partial charge in [-0.05, 0) is 48.0 Å². The Balaban J connectivity index is 2.05. The summed E-state index contributed by atoms with van der Waals surface area (Å²) in [6, 6.07) is 13.3. The van der Waals surface area contributed by atoms with Crippen LogP contribution in [0.5, 0.6) is 5.75 Å². The smallest absolute Gasteiger partial charge is 0.221 e. The maximum atomic E-state index is 11.9. The molecule has 4 heteroatoms. The van der Waals surface area contributed by atoms with Crippen LogP contribution < -0.4 is 5.32 Å². The summed E-state index contributed by atoms with van der Waals surface area (Å²) in [5, 5.41) is 11.8. The number of rotatable bonds is 4. The topological polar surface area (TPSA) is 66.4 Å². The van der Waals surface area contributed by atoms with Gasteiger partial charge in [-0.25, -0.2) is 0 Å². The number of carbonyl (C=O) groups excluding carboxylic acids is 2. The molecule has 0 saturated carbocycles. The van der Waals surface area contributed by atoms with Crippen molar-refractivity contribution in [1.82, 2.24) is 0 Å². The molecule has 2 aromatic rings. The molecule has 0 aliphatic rings. The molecule has 106 valence electrons. The van der Waals surface area contributed by atoms with Crippen molar-refractivity contribution in [3.05, 3.63) is 65.7 Å². The average Bonchev–Trinajstić information content (AvgIpc) is 2.46. The van der Waals surface area contributed by atoms with E-state index < -0.39 is 0 Å². The van der Waals surface area contributed by atoms with Crippen LogP contribution in [0.25, 0.3) is 6.08 Å². The minimum Gasteiger partial charge on any atom is -0.508 e. The highest BCUT2D eigenvalue weighted by Crippen LogP contribution is 2.13. The number of nitrogens with one attached hydrogen (secondary N) is 1. The molecule has 0 heterocycles. The number of phenols is 1. The van der Waals surface area contributed by atoms with Gasteiger partial charge < -0.3 is 10.4 Å². The van der Waals surface area contributed by atoms with E-state index >= 15 is 0 Å². The number of anilines is 1. The van der Waals surface area contributed by atoms with E-state index in [0.29, 0.717) is 11.3 Å². The summed E-state index contributed by atoms with van der Waals surface area (Å²) in [5.41, 5.74) is 2.08. The molecule has 0 radical (unpaired) electrons. The van der Waals surface area contributed by atoms with Crippen molar-refractivity contribution in [2.75, 3.05) is 5.32 Å². The van der Waals surface area contributed by atoms with Gasteiger partial charge in [0.1, 0.15) is 5.75 Å². The van der Waals surface area contributed by atoms with E-state index in [1.165, 1.54) is 25.1 Å². The normalized spacial score (nSPS) is 10.5. The Morgan fingerprint density at radius 3 is 2.19 bits per heavy atom. The van der Waals surface area contributed by atoms with Crippen LogP contribution >= 0.6 is 0 Å². The molecular formula is C17H15NO3. The summed E-state index contributed by atoms with van der Waals surface area (Å²) >= 11 is 0. The highest BCUT2D eigenvalue weighted by Gasteiger charge is 2.01. The molecule has 0 bridgehead atoms. The molecule has 0 fully saturated rings. The van der Waals surface area contributed by atoms with Gasteiger partial charge in [-0.15, -0.1) is 0 Å². The van der Waals surface area contributed by atoms with E-state index in [9.17, 15) is 14.7 Å². The third-order valence-corrected chi connectivity index (χ3v) is 2.81. The lowest BCUT2D eigenvalue weighted by Gasteiger charge is -2.01. The largest absolute Gasteiger partial charge is 0.508 e. The van der Waals surface area contributed by atoms with Crippen molar-refractivity contribution in [2.24, 2.45) is 0 Å². The van der Waals surface area contributed by atoms with Crippen LogP contribution in [-0.4, -0.2) is 16.8 Å². The Bertz CT molecular complexity index is 670. The van der Waals surface area contributed by atoms with E-state index in [-0.39, 0.29) is 17.4 Å². The average molecular weight is 281 g/mol. The van der Waals surface area contributed by atoms with Crippen LogP contribution in [0.3, 0.4) is 0 Å². The fraction of sp³-hybridized carbons (Fsp3) is 0.0588. The second-order valence-electron chi connectivity index (χ2n) is 4.55. The van der Waals surface area contributed by atoms with E-state index in [4.69, 9.17) is 0 Å². The monoisotopic (exact) mass is 281 g/mol. The summed E-state index contributed by atoms with van der Waals surface area (Å²) in [6.07, 6.45) is 3.17. The number of benzene rings is 2. The summed E-state index contributed by atoms with van der Waals surface area (Å²) in [6.45, 7) is 1.45. The maximum Gasteiger partial charge on any atom is 0.221 e. The van der Waals surface area contributed by atoms with Crippen LogP contribution in [0.4, 0.5) is 5.69 Å². The number of amides is 1. The minimum absolute atomic E-state index is 0.124. The van der Waals surface area contributed by atoms with Gasteiger partial charge in [0.15, 0.2) is 5.78 Å². The third-order valence-electron chi connectivity index (χ3n) is 2.81. The number of carbonyl (C=O) groups is 2. The number of allylic oxidation sites excluding steroid dienone is 1. The van der Waals surface area contributed by atoms with Crippen LogP contribution in [0.2, 0.25) is 0 Å². The quantitative estimate of drug-likeness (QED) is 0.668.